The molecule has 21 heavy (non-hydrogen) atoms. The summed E-state index contributed by atoms with van der Waals surface area (Å²) >= 11 is 0. The first-order valence-corrected chi connectivity index (χ1v) is 7.53. The molecule has 1 spiro atoms. The number of rotatable bonds is 6. The van der Waals surface area contributed by atoms with Crippen LogP contribution in [0.1, 0.15) is 32.1 Å². The molecule has 0 aromatic heterocycles. The summed E-state index contributed by atoms with van der Waals surface area (Å²) in [5, 5.41) is 0. The van der Waals surface area contributed by atoms with E-state index in [4.69, 9.17) is 9.47 Å². The van der Waals surface area contributed by atoms with Crippen LogP contribution in [0.3, 0.4) is 0 Å². The molecule has 0 atom stereocenters. The molecule has 0 amide bonds. The minimum absolute atomic E-state index is 0.146. The first-order valence-electron chi connectivity index (χ1n) is 7.53. The predicted molar refractivity (Wildman–Crippen MR) is 71.0 cm³/mol. The molecule has 2 rings (SSSR count). The van der Waals surface area contributed by atoms with E-state index in [1.165, 1.54) is 0 Å². The van der Waals surface area contributed by atoms with Crippen molar-refractivity contribution in [1.82, 2.24) is 4.90 Å². The molecular weight excluding hydrogens is 287 g/mol. The molecule has 124 valence electrons. The van der Waals surface area contributed by atoms with Gasteiger partial charge >= 0.3 is 6.18 Å². The lowest BCUT2D eigenvalue weighted by atomic mass is 9.89. The maximum Gasteiger partial charge on any atom is 0.411 e. The SMILES string of the molecule is CN(CCCOCC(F)(F)F)C1CCC2(CC1)OCCO2. The van der Waals surface area contributed by atoms with Gasteiger partial charge in [-0.3, -0.25) is 0 Å². The van der Waals surface area contributed by atoms with Crippen LogP contribution in [0.2, 0.25) is 0 Å². The van der Waals surface area contributed by atoms with Crippen LogP contribution in [-0.2, 0) is 14.2 Å². The summed E-state index contributed by atoms with van der Waals surface area (Å²) in [6.07, 6.45) is 0.172. The van der Waals surface area contributed by atoms with E-state index in [0.29, 0.717) is 25.7 Å². The maximum absolute atomic E-state index is 11.9. The highest BCUT2D eigenvalue weighted by molar-refractivity contribution is 4.85. The van der Waals surface area contributed by atoms with Gasteiger partial charge in [0, 0.05) is 32.0 Å². The second-order valence-electron chi connectivity index (χ2n) is 5.84. The van der Waals surface area contributed by atoms with E-state index in [0.717, 1.165) is 32.2 Å². The Hall–Kier alpha value is -0.370. The zero-order chi connectivity index (χ0) is 15.3. The topological polar surface area (TPSA) is 30.9 Å². The van der Waals surface area contributed by atoms with Gasteiger partial charge in [-0.1, -0.05) is 0 Å². The largest absolute Gasteiger partial charge is 0.411 e. The Labute approximate surface area is 123 Å². The lowest BCUT2D eigenvalue weighted by Crippen LogP contribution is -2.43. The molecule has 2 fully saturated rings. The highest BCUT2D eigenvalue weighted by Crippen LogP contribution is 2.37. The molecule has 0 unspecified atom stereocenters. The third-order valence-electron chi connectivity index (χ3n) is 4.22. The molecule has 0 bridgehead atoms. The number of alkyl halides is 3. The van der Waals surface area contributed by atoms with Gasteiger partial charge in [0.2, 0.25) is 0 Å². The molecule has 7 heteroatoms. The van der Waals surface area contributed by atoms with Crippen molar-refractivity contribution in [3.05, 3.63) is 0 Å². The molecule has 1 heterocycles. The van der Waals surface area contributed by atoms with Crippen molar-refractivity contribution in [2.45, 2.75) is 50.1 Å². The Morgan fingerprint density at radius 1 is 1.19 bits per heavy atom. The average Bonchev–Trinajstić information content (AvgIpc) is 2.86. The molecule has 2 aliphatic rings. The summed E-state index contributed by atoms with van der Waals surface area (Å²) in [5.74, 6) is -0.354. The Kier molecular flexibility index (Phi) is 5.88. The van der Waals surface area contributed by atoms with Crippen LogP contribution in [0.15, 0.2) is 0 Å². The van der Waals surface area contributed by atoms with Gasteiger partial charge < -0.3 is 19.1 Å². The summed E-state index contributed by atoms with van der Waals surface area (Å²) in [5.41, 5.74) is 0. The first-order chi connectivity index (χ1) is 9.90. The van der Waals surface area contributed by atoms with Gasteiger partial charge in [0.1, 0.15) is 6.61 Å². The molecule has 0 aromatic rings. The van der Waals surface area contributed by atoms with Crippen LogP contribution in [-0.4, -0.2) is 62.9 Å². The fraction of sp³-hybridized carbons (Fsp3) is 1.00. The summed E-state index contributed by atoms with van der Waals surface area (Å²) in [7, 11) is 2.02. The van der Waals surface area contributed by atoms with E-state index in [1.54, 1.807) is 0 Å². The Morgan fingerprint density at radius 3 is 2.38 bits per heavy atom. The lowest BCUT2D eigenvalue weighted by Gasteiger charge is -2.39. The zero-order valence-electron chi connectivity index (χ0n) is 12.5. The van der Waals surface area contributed by atoms with Crippen LogP contribution in [0.5, 0.6) is 0 Å². The van der Waals surface area contributed by atoms with Crippen molar-refractivity contribution in [3.8, 4) is 0 Å². The maximum atomic E-state index is 11.9. The van der Waals surface area contributed by atoms with Crippen molar-refractivity contribution in [2.24, 2.45) is 0 Å². The van der Waals surface area contributed by atoms with Crippen molar-refractivity contribution < 1.29 is 27.4 Å². The second-order valence-corrected chi connectivity index (χ2v) is 5.84. The van der Waals surface area contributed by atoms with E-state index < -0.39 is 12.8 Å². The van der Waals surface area contributed by atoms with Crippen molar-refractivity contribution in [2.75, 3.05) is 40.0 Å². The van der Waals surface area contributed by atoms with Gasteiger partial charge in [-0.15, -0.1) is 0 Å². The Balaban J connectivity index is 1.58. The Bertz CT molecular complexity index is 309. The van der Waals surface area contributed by atoms with Crippen molar-refractivity contribution in [1.29, 1.82) is 0 Å². The molecule has 0 radical (unpaired) electrons. The third-order valence-corrected chi connectivity index (χ3v) is 4.22. The highest BCUT2D eigenvalue weighted by Gasteiger charge is 2.40. The van der Waals surface area contributed by atoms with Crippen LogP contribution in [0, 0.1) is 0 Å². The van der Waals surface area contributed by atoms with Gasteiger partial charge in [-0.2, -0.15) is 13.2 Å². The van der Waals surface area contributed by atoms with Gasteiger partial charge in [0.15, 0.2) is 5.79 Å². The van der Waals surface area contributed by atoms with Gasteiger partial charge in [0.25, 0.3) is 0 Å². The van der Waals surface area contributed by atoms with Gasteiger partial charge in [0.05, 0.1) is 13.2 Å². The van der Waals surface area contributed by atoms with Crippen LogP contribution in [0.4, 0.5) is 13.2 Å². The number of ether oxygens (including phenoxy) is 3. The highest BCUT2D eigenvalue weighted by atomic mass is 19.4. The number of hydrogen-bond acceptors (Lipinski definition) is 4. The average molecular weight is 311 g/mol. The lowest BCUT2D eigenvalue weighted by molar-refractivity contribution is -0.183. The fourth-order valence-corrected chi connectivity index (χ4v) is 3.06. The zero-order valence-corrected chi connectivity index (χ0v) is 12.5. The van der Waals surface area contributed by atoms with Crippen LogP contribution >= 0.6 is 0 Å². The van der Waals surface area contributed by atoms with E-state index in [1.807, 2.05) is 7.05 Å². The normalized spacial score (nSPS) is 23.3. The van der Waals surface area contributed by atoms with Gasteiger partial charge in [-0.25, -0.2) is 0 Å². The number of nitrogens with zero attached hydrogens (tertiary/aromatic N) is 1. The molecule has 1 saturated carbocycles. The van der Waals surface area contributed by atoms with Crippen molar-refractivity contribution in [3.63, 3.8) is 0 Å². The summed E-state index contributed by atoms with van der Waals surface area (Å²) in [6, 6.07) is 0.450. The smallest absolute Gasteiger partial charge is 0.372 e. The van der Waals surface area contributed by atoms with E-state index in [2.05, 4.69) is 9.64 Å². The predicted octanol–water partition coefficient (Wildman–Crippen LogP) is 2.57. The second kappa shape index (κ2) is 7.26. The Morgan fingerprint density at radius 2 is 1.81 bits per heavy atom. The van der Waals surface area contributed by atoms with Crippen LogP contribution < -0.4 is 0 Å². The minimum atomic E-state index is -4.23. The van der Waals surface area contributed by atoms with Crippen LogP contribution in [0.25, 0.3) is 0 Å². The van der Waals surface area contributed by atoms with E-state index >= 15 is 0 Å². The molecule has 0 N–H and O–H groups in total. The molecule has 1 aliphatic heterocycles. The quantitative estimate of drug-likeness (QED) is 0.706. The molecule has 1 saturated heterocycles. The molecular formula is C14H24F3NO3. The molecule has 0 aromatic carbocycles. The number of halogens is 3. The fourth-order valence-electron chi connectivity index (χ4n) is 3.06. The number of hydrogen-bond donors (Lipinski definition) is 0. The summed E-state index contributed by atoms with van der Waals surface area (Å²) < 4.78 is 51.7. The first kappa shape index (κ1) is 17.0. The molecule has 4 nitrogen and oxygen atoms in total. The molecule has 1 aliphatic carbocycles. The van der Waals surface area contributed by atoms with E-state index in [9.17, 15) is 13.2 Å². The standard InChI is InChI=1S/C14H24F3NO3/c1-18(7-2-8-19-11-14(15,16)17)12-3-5-13(6-4-12)20-9-10-21-13/h12H,2-11H2,1H3. The van der Waals surface area contributed by atoms with E-state index in [-0.39, 0.29) is 12.4 Å². The van der Waals surface area contributed by atoms with Gasteiger partial charge in [-0.05, 0) is 26.3 Å². The van der Waals surface area contributed by atoms with Crippen molar-refractivity contribution >= 4 is 0 Å². The summed E-state index contributed by atoms with van der Waals surface area (Å²) in [4.78, 5) is 2.21. The monoisotopic (exact) mass is 311 g/mol. The summed E-state index contributed by atoms with van der Waals surface area (Å²) in [6.45, 7) is 1.09. The minimum Gasteiger partial charge on any atom is -0.372 e. The third kappa shape index (κ3) is 5.39.